The number of carbonyl (C=O) groups is 1. The van der Waals surface area contributed by atoms with Crippen molar-refractivity contribution in [2.75, 3.05) is 5.75 Å². The highest BCUT2D eigenvalue weighted by molar-refractivity contribution is 8.00. The zero-order chi connectivity index (χ0) is 7.56. The maximum Gasteiger partial charge on any atom is 0.321 e. The zero-order valence-corrected chi connectivity index (χ0v) is 7.87. The SMILES string of the molecule is CCC1NC(C(=O)O)CS1.Cl. The number of carboxylic acid groups (broad SMARTS) is 1. The van der Waals surface area contributed by atoms with Crippen molar-refractivity contribution in [3.63, 3.8) is 0 Å². The zero-order valence-electron chi connectivity index (χ0n) is 6.24. The first-order chi connectivity index (χ1) is 4.74. The van der Waals surface area contributed by atoms with E-state index in [1.165, 1.54) is 0 Å². The van der Waals surface area contributed by atoms with E-state index in [0.29, 0.717) is 11.1 Å². The van der Waals surface area contributed by atoms with Gasteiger partial charge in [-0.15, -0.1) is 24.2 Å². The molecule has 1 rings (SSSR count). The molecule has 0 aromatic carbocycles. The molecule has 2 N–H and O–H groups in total. The van der Waals surface area contributed by atoms with Crippen molar-refractivity contribution in [3.8, 4) is 0 Å². The van der Waals surface area contributed by atoms with Gasteiger partial charge in [-0.1, -0.05) is 6.92 Å². The van der Waals surface area contributed by atoms with Crippen LogP contribution in [0.2, 0.25) is 0 Å². The molecule has 5 heteroatoms. The topological polar surface area (TPSA) is 49.3 Å². The molecule has 1 aliphatic rings. The second-order valence-electron chi connectivity index (χ2n) is 2.29. The standard InChI is InChI=1S/C6H11NO2S.ClH/c1-2-5-7-4(3-10-5)6(8)9;/h4-5,7H,2-3H2,1H3,(H,8,9);1H. The molecule has 2 unspecified atom stereocenters. The normalized spacial score (nSPS) is 29.5. The molecular formula is C6H12ClNO2S. The molecule has 2 atom stereocenters. The van der Waals surface area contributed by atoms with Crippen LogP contribution in [-0.4, -0.2) is 28.2 Å². The summed E-state index contributed by atoms with van der Waals surface area (Å²) in [4.78, 5) is 10.4. The summed E-state index contributed by atoms with van der Waals surface area (Å²) in [6.07, 6.45) is 0.994. The smallest absolute Gasteiger partial charge is 0.321 e. The predicted molar refractivity (Wildman–Crippen MR) is 48.3 cm³/mol. The van der Waals surface area contributed by atoms with Crippen LogP contribution in [0.4, 0.5) is 0 Å². The fourth-order valence-electron chi connectivity index (χ4n) is 0.911. The minimum absolute atomic E-state index is 0. The molecule has 0 aliphatic carbocycles. The van der Waals surface area contributed by atoms with Crippen molar-refractivity contribution in [1.29, 1.82) is 0 Å². The molecule has 1 fully saturated rings. The average molecular weight is 198 g/mol. The van der Waals surface area contributed by atoms with Gasteiger partial charge < -0.3 is 5.11 Å². The Kier molecular flexibility index (Phi) is 4.88. The first-order valence-electron chi connectivity index (χ1n) is 3.34. The monoisotopic (exact) mass is 197 g/mol. The van der Waals surface area contributed by atoms with E-state index >= 15 is 0 Å². The summed E-state index contributed by atoms with van der Waals surface area (Å²) >= 11 is 1.69. The van der Waals surface area contributed by atoms with Crippen molar-refractivity contribution in [2.24, 2.45) is 0 Å². The number of aliphatic carboxylic acids is 1. The van der Waals surface area contributed by atoms with Crippen molar-refractivity contribution in [3.05, 3.63) is 0 Å². The summed E-state index contributed by atoms with van der Waals surface area (Å²) in [5.41, 5.74) is 0. The molecule has 0 amide bonds. The van der Waals surface area contributed by atoms with Gasteiger partial charge in [0, 0.05) is 5.75 Å². The summed E-state index contributed by atoms with van der Waals surface area (Å²) in [5, 5.41) is 11.9. The van der Waals surface area contributed by atoms with E-state index in [-0.39, 0.29) is 18.4 Å². The maximum absolute atomic E-state index is 10.4. The number of halogens is 1. The lowest BCUT2D eigenvalue weighted by molar-refractivity contribution is -0.138. The van der Waals surface area contributed by atoms with Gasteiger partial charge in [0.05, 0.1) is 5.37 Å². The van der Waals surface area contributed by atoms with Crippen molar-refractivity contribution in [1.82, 2.24) is 5.32 Å². The molecule has 0 aromatic heterocycles. The molecule has 1 heterocycles. The summed E-state index contributed by atoms with van der Waals surface area (Å²) in [6, 6.07) is -0.324. The molecule has 0 aromatic rings. The first kappa shape index (κ1) is 11.1. The number of carboxylic acids is 1. The quantitative estimate of drug-likeness (QED) is 0.692. The Balaban J connectivity index is 0.000001000. The highest BCUT2D eigenvalue weighted by atomic mass is 35.5. The molecule has 11 heavy (non-hydrogen) atoms. The molecule has 66 valence electrons. The Labute approximate surface area is 76.3 Å². The third-order valence-electron chi connectivity index (χ3n) is 1.52. The predicted octanol–water partition coefficient (Wildman–Crippen LogP) is 0.934. The van der Waals surface area contributed by atoms with Gasteiger partial charge >= 0.3 is 5.97 Å². The van der Waals surface area contributed by atoms with E-state index in [4.69, 9.17) is 5.11 Å². The lowest BCUT2D eigenvalue weighted by Gasteiger charge is -2.06. The third-order valence-corrected chi connectivity index (χ3v) is 2.92. The lowest BCUT2D eigenvalue weighted by atomic mass is 10.3. The van der Waals surface area contributed by atoms with E-state index < -0.39 is 5.97 Å². The van der Waals surface area contributed by atoms with Crippen molar-refractivity contribution in [2.45, 2.75) is 24.8 Å². The van der Waals surface area contributed by atoms with Crippen LogP contribution in [0.5, 0.6) is 0 Å². The van der Waals surface area contributed by atoms with E-state index in [1.54, 1.807) is 11.8 Å². The van der Waals surface area contributed by atoms with Crippen LogP contribution in [0.3, 0.4) is 0 Å². The molecule has 0 bridgehead atoms. The van der Waals surface area contributed by atoms with Gasteiger partial charge in [-0.2, -0.15) is 0 Å². The van der Waals surface area contributed by atoms with E-state index in [0.717, 1.165) is 6.42 Å². The molecule has 0 radical (unpaired) electrons. The lowest BCUT2D eigenvalue weighted by Crippen LogP contribution is -2.36. The van der Waals surface area contributed by atoms with Crippen LogP contribution in [0.15, 0.2) is 0 Å². The van der Waals surface area contributed by atoms with Gasteiger partial charge in [0.15, 0.2) is 0 Å². The van der Waals surface area contributed by atoms with E-state index in [2.05, 4.69) is 12.2 Å². The maximum atomic E-state index is 10.4. The highest BCUT2D eigenvalue weighted by Crippen LogP contribution is 2.20. The minimum atomic E-state index is -0.733. The number of hydrogen-bond donors (Lipinski definition) is 2. The number of rotatable bonds is 2. The molecule has 1 aliphatic heterocycles. The Hall–Kier alpha value is 0.0700. The van der Waals surface area contributed by atoms with Crippen molar-refractivity contribution >= 4 is 30.1 Å². The van der Waals surface area contributed by atoms with Gasteiger partial charge in [0.2, 0.25) is 0 Å². The molecular weight excluding hydrogens is 186 g/mol. The van der Waals surface area contributed by atoms with Gasteiger partial charge in [-0.25, -0.2) is 0 Å². The molecule has 3 nitrogen and oxygen atoms in total. The van der Waals surface area contributed by atoms with Crippen LogP contribution in [-0.2, 0) is 4.79 Å². The summed E-state index contributed by atoms with van der Waals surface area (Å²) in [5.74, 6) is -0.0307. The van der Waals surface area contributed by atoms with E-state index in [1.807, 2.05) is 0 Å². The number of nitrogens with one attached hydrogen (secondary N) is 1. The van der Waals surface area contributed by atoms with Crippen LogP contribution < -0.4 is 5.32 Å². The largest absolute Gasteiger partial charge is 0.480 e. The van der Waals surface area contributed by atoms with Gasteiger partial charge in [0.25, 0.3) is 0 Å². The van der Waals surface area contributed by atoms with Crippen LogP contribution in [0, 0.1) is 0 Å². The van der Waals surface area contributed by atoms with Crippen LogP contribution in [0.25, 0.3) is 0 Å². The fraction of sp³-hybridized carbons (Fsp3) is 0.833. The Morgan fingerprint density at radius 3 is 2.73 bits per heavy atom. The minimum Gasteiger partial charge on any atom is -0.480 e. The summed E-state index contributed by atoms with van der Waals surface area (Å²) in [6.45, 7) is 2.05. The van der Waals surface area contributed by atoms with Crippen LogP contribution >= 0.6 is 24.2 Å². The highest BCUT2D eigenvalue weighted by Gasteiger charge is 2.27. The number of hydrogen-bond acceptors (Lipinski definition) is 3. The van der Waals surface area contributed by atoms with Gasteiger partial charge in [-0.05, 0) is 6.42 Å². The molecule has 1 saturated heterocycles. The molecule has 0 spiro atoms. The van der Waals surface area contributed by atoms with Crippen LogP contribution in [0.1, 0.15) is 13.3 Å². The summed E-state index contributed by atoms with van der Waals surface area (Å²) in [7, 11) is 0. The molecule has 0 saturated carbocycles. The van der Waals surface area contributed by atoms with Crippen molar-refractivity contribution < 1.29 is 9.90 Å². The first-order valence-corrected chi connectivity index (χ1v) is 4.39. The number of thioether (sulfide) groups is 1. The average Bonchev–Trinajstić information content (AvgIpc) is 2.34. The second-order valence-corrected chi connectivity index (χ2v) is 3.52. The third kappa shape index (κ3) is 2.89. The summed E-state index contributed by atoms with van der Waals surface area (Å²) < 4.78 is 0. The Morgan fingerprint density at radius 2 is 2.45 bits per heavy atom. The second kappa shape index (κ2) is 4.85. The Morgan fingerprint density at radius 1 is 1.82 bits per heavy atom. The Bertz CT molecular complexity index is 145. The van der Waals surface area contributed by atoms with Gasteiger partial charge in [0.1, 0.15) is 6.04 Å². The van der Waals surface area contributed by atoms with E-state index in [9.17, 15) is 4.79 Å². The fourth-order valence-corrected chi connectivity index (χ4v) is 2.07. The van der Waals surface area contributed by atoms with Gasteiger partial charge in [-0.3, -0.25) is 10.1 Å².